The molecule has 1 aromatic rings. The number of carbonyl (C=O) groups is 2. The number of ether oxygens (including phenoxy) is 1. The number of hydrogen-bond donors (Lipinski definition) is 3. The van der Waals surface area contributed by atoms with Gasteiger partial charge in [0.15, 0.2) is 11.4 Å². The third-order valence-corrected chi connectivity index (χ3v) is 3.85. The van der Waals surface area contributed by atoms with E-state index in [2.05, 4.69) is 0 Å². The third-order valence-electron chi connectivity index (χ3n) is 3.85. The monoisotopic (exact) mass is 326 g/mol. The van der Waals surface area contributed by atoms with Crippen LogP contribution in [-0.2, 0) is 14.3 Å². The van der Waals surface area contributed by atoms with Crippen molar-refractivity contribution in [2.45, 2.75) is 44.1 Å². The lowest BCUT2D eigenvalue weighted by Crippen LogP contribution is -2.48. The summed E-state index contributed by atoms with van der Waals surface area (Å²) >= 11 is 0. The van der Waals surface area contributed by atoms with Crippen LogP contribution in [0.2, 0.25) is 0 Å². The Morgan fingerprint density at radius 1 is 1.43 bits per heavy atom. The van der Waals surface area contributed by atoms with Crippen LogP contribution in [0.25, 0.3) is 0 Å². The average Bonchev–Trinajstić information content (AvgIpc) is 2.82. The van der Waals surface area contributed by atoms with Gasteiger partial charge in [-0.05, 0) is 6.92 Å². The highest BCUT2D eigenvalue weighted by molar-refractivity contribution is 5.91. The molecule has 0 aliphatic carbocycles. The van der Waals surface area contributed by atoms with Crippen molar-refractivity contribution < 1.29 is 24.5 Å². The fraction of sp³-hybridized carbons (Fsp3) is 0.571. The molecular weight excluding hydrogens is 308 g/mol. The van der Waals surface area contributed by atoms with Crippen LogP contribution >= 0.6 is 0 Å². The fourth-order valence-corrected chi connectivity index (χ4v) is 2.56. The number of carbonyl (C=O) groups excluding carboxylic acids is 2. The van der Waals surface area contributed by atoms with Gasteiger partial charge < -0.3 is 19.7 Å². The predicted molar refractivity (Wildman–Crippen MR) is 76.8 cm³/mol. The number of aromatic amines is 1. The highest BCUT2D eigenvalue weighted by Gasteiger charge is 2.52. The number of aromatic nitrogens is 2. The second-order valence-corrected chi connectivity index (χ2v) is 5.53. The molecule has 0 radical (unpaired) electrons. The van der Waals surface area contributed by atoms with E-state index >= 15 is 0 Å². The Hall–Kier alpha value is -2.10. The molecule has 1 aromatic heterocycles. The van der Waals surface area contributed by atoms with Gasteiger partial charge in [0.2, 0.25) is 0 Å². The van der Waals surface area contributed by atoms with E-state index in [0.717, 1.165) is 10.6 Å². The van der Waals surface area contributed by atoms with Crippen LogP contribution in [0.3, 0.4) is 0 Å². The molecule has 0 saturated carbocycles. The summed E-state index contributed by atoms with van der Waals surface area (Å²) in [5.74, 6) is -0.832. The van der Waals surface area contributed by atoms with Crippen LogP contribution in [0.15, 0.2) is 21.9 Å². The van der Waals surface area contributed by atoms with Gasteiger partial charge in [0.05, 0.1) is 6.61 Å². The number of hydrogen-bond acceptors (Lipinski definition) is 7. The molecule has 3 atom stereocenters. The number of aliphatic hydroxyl groups is 2. The Morgan fingerprint density at radius 3 is 2.70 bits per heavy atom. The zero-order valence-corrected chi connectivity index (χ0v) is 12.5. The first kappa shape index (κ1) is 17.3. The van der Waals surface area contributed by atoms with Crippen molar-refractivity contribution >= 4 is 11.6 Å². The van der Waals surface area contributed by atoms with Gasteiger partial charge in [-0.1, -0.05) is 0 Å². The quantitative estimate of drug-likeness (QED) is 0.577. The largest absolute Gasteiger partial charge is 0.394 e. The van der Waals surface area contributed by atoms with E-state index in [1.54, 1.807) is 0 Å². The Balaban J connectivity index is 2.25. The minimum absolute atomic E-state index is 0.0252. The normalized spacial score (nSPS) is 27.1. The second kappa shape index (κ2) is 6.57. The van der Waals surface area contributed by atoms with Crippen molar-refractivity contribution in [3.63, 3.8) is 0 Å². The molecule has 1 aliphatic heterocycles. The summed E-state index contributed by atoms with van der Waals surface area (Å²) in [5.41, 5.74) is -3.33. The third kappa shape index (κ3) is 3.46. The molecule has 1 aliphatic rings. The van der Waals surface area contributed by atoms with Crippen LogP contribution in [0.1, 0.15) is 32.4 Å². The number of ketones is 2. The van der Waals surface area contributed by atoms with Gasteiger partial charge in [0.25, 0.3) is 5.56 Å². The highest BCUT2D eigenvalue weighted by atomic mass is 16.5. The minimum atomic E-state index is -2.00. The maximum atomic E-state index is 12.2. The van der Waals surface area contributed by atoms with Crippen LogP contribution in [0.5, 0.6) is 0 Å². The van der Waals surface area contributed by atoms with Crippen molar-refractivity contribution in [2.24, 2.45) is 0 Å². The molecule has 0 spiro atoms. The standard InChI is InChI=1S/C14H18N2O7/c1-8(18)2-3-9(19)14(22)6-12(23-10(14)7-17)16-5-4-11(20)15-13(16)21/h4-5,10,12,17,22H,2-3,6-7H2,1H3,(H,15,20,21)/t10-,12-,14-/m1/s1. The van der Waals surface area contributed by atoms with E-state index in [9.17, 15) is 29.4 Å². The molecule has 3 N–H and O–H groups in total. The summed E-state index contributed by atoms with van der Waals surface area (Å²) < 4.78 is 6.42. The Bertz CT molecular complexity index is 722. The van der Waals surface area contributed by atoms with Crippen molar-refractivity contribution in [2.75, 3.05) is 6.61 Å². The Kier molecular flexibility index (Phi) is 4.93. The molecule has 126 valence electrons. The second-order valence-electron chi connectivity index (χ2n) is 5.53. The molecule has 2 heterocycles. The van der Waals surface area contributed by atoms with Gasteiger partial charge in [-0.3, -0.25) is 19.1 Å². The fourth-order valence-electron chi connectivity index (χ4n) is 2.56. The maximum Gasteiger partial charge on any atom is 0.330 e. The predicted octanol–water partition coefficient (Wildman–Crippen LogP) is -1.51. The van der Waals surface area contributed by atoms with E-state index in [-0.39, 0.29) is 25.0 Å². The molecule has 9 heteroatoms. The lowest BCUT2D eigenvalue weighted by Gasteiger charge is -2.25. The van der Waals surface area contributed by atoms with Gasteiger partial charge in [-0.2, -0.15) is 0 Å². The minimum Gasteiger partial charge on any atom is -0.394 e. The van der Waals surface area contributed by atoms with Crippen LogP contribution in [-0.4, -0.2) is 49.6 Å². The molecule has 0 aromatic carbocycles. The summed E-state index contributed by atoms with van der Waals surface area (Å²) in [6, 6.07) is 1.10. The number of nitrogens with zero attached hydrogens (tertiary/aromatic N) is 1. The molecule has 1 saturated heterocycles. The zero-order valence-electron chi connectivity index (χ0n) is 12.5. The number of rotatable bonds is 6. The first-order valence-electron chi connectivity index (χ1n) is 7.11. The summed E-state index contributed by atoms with van der Waals surface area (Å²) in [5, 5.41) is 19.9. The lowest BCUT2D eigenvalue weighted by molar-refractivity contribution is -0.147. The maximum absolute atomic E-state index is 12.2. The van der Waals surface area contributed by atoms with Crippen molar-refractivity contribution in [1.82, 2.24) is 9.55 Å². The summed E-state index contributed by atoms with van der Waals surface area (Å²) in [6.07, 6.45) is -1.51. The molecule has 23 heavy (non-hydrogen) atoms. The smallest absolute Gasteiger partial charge is 0.330 e. The lowest BCUT2D eigenvalue weighted by atomic mass is 9.87. The van der Waals surface area contributed by atoms with Gasteiger partial charge in [0.1, 0.15) is 18.1 Å². The van der Waals surface area contributed by atoms with Crippen LogP contribution in [0, 0.1) is 0 Å². The molecule has 0 unspecified atom stereocenters. The first-order valence-corrected chi connectivity index (χ1v) is 7.11. The van der Waals surface area contributed by atoms with Crippen molar-refractivity contribution in [3.8, 4) is 0 Å². The highest BCUT2D eigenvalue weighted by Crippen LogP contribution is 2.37. The first-order chi connectivity index (χ1) is 10.8. The van der Waals surface area contributed by atoms with E-state index in [4.69, 9.17) is 4.74 Å². The van der Waals surface area contributed by atoms with Crippen LogP contribution < -0.4 is 11.2 Å². The van der Waals surface area contributed by atoms with Gasteiger partial charge in [0, 0.05) is 31.5 Å². The topological polar surface area (TPSA) is 139 Å². The van der Waals surface area contributed by atoms with E-state index in [1.165, 1.54) is 13.1 Å². The van der Waals surface area contributed by atoms with Crippen molar-refractivity contribution in [3.05, 3.63) is 33.1 Å². The summed E-state index contributed by atoms with van der Waals surface area (Å²) in [6.45, 7) is 0.700. The molecule has 0 bridgehead atoms. The number of nitrogens with one attached hydrogen (secondary N) is 1. The van der Waals surface area contributed by atoms with Gasteiger partial charge in [-0.25, -0.2) is 4.79 Å². The number of Topliss-reactive ketones (excluding diaryl/α,β-unsaturated/α-hetero) is 2. The SMILES string of the molecule is CC(=O)CCC(=O)[C@]1(O)C[C@H](n2ccc(=O)[nH]c2=O)O[C@@H]1CO. The van der Waals surface area contributed by atoms with Gasteiger partial charge >= 0.3 is 5.69 Å². The van der Waals surface area contributed by atoms with E-state index < -0.39 is 41.6 Å². The summed E-state index contributed by atoms with van der Waals surface area (Å²) in [7, 11) is 0. The van der Waals surface area contributed by atoms with Crippen LogP contribution in [0.4, 0.5) is 0 Å². The molecule has 0 amide bonds. The van der Waals surface area contributed by atoms with E-state index in [0.29, 0.717) is 0 Å². The molecule has 9 nitrogen and oxygen atoms in total. The molecule has 2 rings (SSSR count). The number of aliphatic hydroxyl groups excluding tert-OH is 1. The Morgan fingerprint density at radius 2 is 2.13 bits per heavy atom. The average molecular weight is 326 g/mol. The molecular formula is C14H18N2O7. The molecule has 1 fully saturated rings. The summed E-state index contributed by atoms with van der Waals surface area (Å²) in [4.78, 5) is 48.1. The Labute approximate surface area is 130 Å². The zero-order chi connectivity index (χ0) is 17.2. The van der Waals surface area contributed by atoms with Crippen molar-refractivity contribution in [1.29, 1.82) is 0 Å². The van der Waals surface area contributed by atoms with Gasteiger partial charge in [-0.15, -0.1) is 0 Å². The van der Waals surface area contributed by atoms with E-state index in [1.807, 2.05) is 4.98 Å². The number of H-pyrrole nitrogens is 1.